The Labute approximate surface area is 110 Å². The Morgan fingerprint density at radius 1 is 1.61 bits per heavy atom. The van der Waals surface area contributed by atoms with Gasteiger partial charge in [-0.05, 0) is 30.3 Å². The van der Waals surface area contributed by atoms with Gasteiger partial charge in [0.2, 0.25) is 0 Å². The molecule has 1 fully saturated rings. The number of nitrogens with two attached hydrogens (primary N) is 2. The van der Waals surface area contributed by atoms with E-state index in [2.05, 4.69) is 4.37 Å². The maximum absolute atomic E-state index is 11.3. The first kappa shape index (κ1) is 13.1. The molecule has 1 aliphatic carbocycles. The lowest BCUT2D eigenvalue weighted by molar-refractivity contribution is 0.100. The molecule has 7 heteroatoms. The molecule has 0 unspecified atom stereocenters. The molecular formula is C11H18N4O2S. The molecule has 0 bridgehead atoms. The van der Waals surface area contributed by atoms with E-state index >= 15 is 0 Å². The van der Waals surface area contributed by atoms with Gasteiger partial charge in [0, 0.05) is 20.2 Å². The molecule has 0 aromatic carbocycles. The van der Waals surface area contributed by atoms with Crippen molar-refractivity contribution in [1.29, 1.82) is 0 Å². The maximum atomic E-state index is 11.3. The highest BCUT2D eigenvalue weighted by molar-refractivity contribution is 7.11. The number of carbonyl (C=O) groups excluding carboxylic acids is 1. The van der Waals surface area contributed by atoms with Gasteiger partial charge in [-0.1, -0.05) is 0 Å². The summed E-state index contributed by atoms with van der Waals surface area (Å²) in [6.45, 7) is 2.15. The van der Waals surface area contributed by atoms with Gasteiger partial charge >= 0.3 is 0 Å². The molecule has 1 saturated carbocycles. The number of aromatic nitrogens is 1. The highest BCUT2D eigenvalue weighted by Crippen LogP contribution is 2.30. The fraction of sp³-hybridized carbons (Fsp3) is 0.636. The third kappa shape index (κ3) is 3.11. The molecule has 2 rings (SSSR count). The topological polar surface area (TPSA) is 94.5 Å². The third-order valence-electron chi connectivity index (χ3n) is 2.92. The summed E-state index contributed by atoms with van der Waals surface area (Å²) in [5, 5.41) is 0.704. The predicted molar refractivity (Wildman–Crippen MR) is 71.9 cm³/mol. The monoisotopic (exact) mass is 270 g/mol. The Bertz CT molecular complexity index is 431. The number of rotatable bonds is 7. The van der Waals surface area contributed by atoms with Crippen LogP contribution in [0.5, 0.6) is 0 Å². The van der Waals surface area contributed by atoms with E-state index in [1.54, 1.807) is 0 Å². The fourth-order valence-corrected chi connectivity index (χ4v) is 2.43. The van der Waals surface area contributed by atoms with Crippen LogP contribution < -0.4 is 16.4 Å². The van der Waals surface area contributed by atoms with E-state index < -0.39 is 5.91 Å². The normalized spacial score (nSPS) is 14.7. The van der Waals surface area contributed by atoms with Crippen LogP contribution in [0.25, 0.3) is 0 Å². The maximum Gasteiger partial charge on any atom is 0.255 e. The predicted octanol–water partition coefficient (Wildman–Crippen LogP) is 0.687. The van der Waals surface area contributed by atoms with Gasteiger partial charge in [0.05, 0.1) is 6.61 Å². The average Bonchev–Trinajstić information content (AvgIpc) is 3.05. The lowest BCUT2D eigenvalue weighted by atomic mass is 10.3. The van der Waals surface area contributed by atoms with Crippen LogP contribution in [0.15, 0.2) is 0 Å². The summed E-state index contributed by atoms with van der Waals surface area (Å²) in [6.07, 6.45) is 2.57. The molecule has 1 aliphatic rings. The molecule has 0 aliphatic heterocycles. The van der Waals surface area contributed by atoms with Crippen molar-refractivity contribution in [1.82, 2.24) is 4.37 Å². The molecular weight excluding hydrogens is 252 g/mol. The van der Waals surface area contributed by atoms with Crippen molar-refractivity contribution >= 4 is 28.3 Å². The van der Waals surface area contributed by atoms with Crippen molar-refractivity contribution in [2.45, 2.75) is 12.8 Å². The van der Waals surface area contributed by atoms with Gasteiger partial charge in [0.25, 0.3) is 5.91 Å². The van der Waals surface area contributed by atoms with Gasteiger partial charge in [-0.2, -0.15) is 4.37 Å². The zero-order chi connectivity index (χ0) is 13.1. The molecule has 1 heterocycles. The second kappa shape index (κ2) is 5.53. The summed E-state index contributed by atoms with van der Waals surface area (Å²) in [5.74, 6) is 0.422. The summed E-state index contributed by atoms with van der Waals surface area (Å²) >= 11 is 1.18. The standard InChI is InChI=1S/C11H18N4O2S/c1-15(4-5-17-6-7-2-3-7)11-8(10(13)16)9(12)14-18-11/h7H,2-6H2,1H3,(H2,12,14)(H2,13,16). The lowest BCUT2D eigenvalue weighted by Gasteiger charge is -2.17. The first-order valence-electron chi connectivity index (χ1n) is 5.93. The zero-order valence-corrected chi connectivity index (χ0v) is 11.2. The van der Waals surface area contributed by atoms with Gasteiger partial charge in [-0.25, -0.2) is 0 Å². The van der Waals surface area contributed by atoms with Gasteiger partial charge < -0.3 is 21.1 Å². The van der Waals surface area contributed by atoms with Gasteiger partial charge in [0.15, 0.2) is 5.82 Å². The second-order valence-electron chi connectivity index (χ2n) is 4.55. The molecule has 4 N–H and O–H groups in total. The van der Waals surface area contributed by atoms with E-state index in [0.717, 1.165) is 12.5 Å². The van der Waals surface area contributed by atoms with E-state index in [-0.39, 0.29) is 5.82 Å². The van der Waals surface area contributed by atoms with Crippen LogP contribution in [0.1, 0.15) is 23.2 Å². The number of hydrogen-bond acceptors (Lipinski definition) is 6. The number of anilines is 2. The summed E-state index contributed by atoms with van der Waals surface area (Å²) in [5.41, 5.74) is 11.2. The van der Waals surface area contributed by atoms with E-state index in [9.17, 15) is 4.79 Å². The molecule has 1 amide bonds. The van der Waals surface area contributed by atoms with Crippen LogP contribution in [0.3, 0.4) is 0 Å². The van der Waals surface area contributed by atoms with Crippen molar-refractivity contribution in [2.24, 2.45) is 11.7 Å². The minimum atomic E-state index is -0.540. The van der Waals surface area contributed by atoms with Crippen LogP contribution in [0.4, 0.5) is 10.8 Å². The molecule has 0 saturated heterocycles. The van der Waals surface area contributed by atoms with Crippen LogP contribution in [0.2, 0.25) is 0 Å². The summed E-state index contributed by atoms with van der Waals surface area (Å²) in [6, 6.07) is 0. The Balaban J connectivity index is 1.86. The second-order valence-corrected chi connectivity index (χ2v) is 5.30. The van der Waals surface area contributed by atoms with Crippen molar-refractivity contribution in [3.8, 4) is 0 Å². The third-order valence-corrected chi connectivity index (χ3v) is 3.89. The largest absolute Gasteiger partial charge is 0.382 e. The van der Waals surface area contributed by atoms with Gasteiger partial charge in [0.1, 0.15) is 10.6 Å². The number of carbonyl (C=O) groups is 1. The van der Waals surface area contributed by atoms with Crippen molar-refractivity contribution in [2.75, 3.05) is 37.4 Å². The van der Waals surface area contributed by atoms with E-state index in [1.165, 1.54) is 24.4 Å². The molecule has 0 spiro atoms. The summed E-state index contributed by atoms with van der Waals surface area (Å²) in [4.78, 5) is 13.2. The van der Waals surface area contributed by atoms with E-state index in [0.29, 0.717) is 23.7 Å². The number of amides is 1. The minimum absolute atomic E-state index is 0.202. The Kier molecular flexibility index (Phi) is 4.03. The molecule has 18 heavy (non-hydrogen) atoms. The molecule has 0 radical (unpaired) electrons. The molecule has 100 valence electrons. The van der Waals surface area contributed by atoms with Crippen molar-refractivity contribution < 1.29 is 9.53 Å². The fourth-order valence-electron chi connectivity index (χ4n) is 1.62. The van der Waals surface area contributed by atoms with Crippen LogP contribution in [0, 0.1) is 5.92 Å². The summed E-state index contributed by atoms with van der Waals surface area (Å²) < 4.78 is 9.51. The number of likely N-dealkylation sites (N-methyl/N-ethyl adjacent to an activating group) is 1. The lowest BCUT2D eigenvalue weighted by Crippen LogP contribution is -2.25. The number of nitrogens with zero attached hydrogens (tertiary/aromatic N) is 2. The first-order valence-corrected chi connectivity index (χ1v) is 6.70. The highest BCUT2D eigenvalue weighted by Gasteiger charge is 2.22. The quantitative estimate of drug-likeness (QED) is 0.711. The minimum Gasteiger partial charge on any atom is -0.382 e. The van der Waals surface area contributed by atoms with Crippen LogP contribution in [-0.4, -0.2) is 37.1 Å². The average molecular weight is 270 g/mol. The number of nitrogen functional groups attached to an aromatic ring is 1. The number of ether oxygens (including phenoxy) is 1. The van der Waals surface area contributed by atoms with Gasteiger partial charge in [-0.3, -0.25) is 4.79 Å². The molecule has 6 nitrogen and oxygen atoms in total. The Hall–Kier alpha value is -1.34. The molecule has 1 aromatic heterocycles. The van der Waals surface area contributed by atoms with Crippen molar-refractivity contribution in [3.05, 3.63) is 5.56 Å². The van der Waals surface area contributed by atoms with Crippen molar-refractivity contribution in [3.63, 3.8) is 0 Å². The first-order chi connectivity index (χ1) is 8.59. The Morgan fingerprint density at radius 2 is 2.33 bits per heavy atom. The Morgan fingerprint density at radius 3 is 2.94 bits per heavy atom. The zero-order valence-electron chi connectivity index (χ0n) is 10.4. The molecule has 1 aromatic rings. The van der Waals surface area contributed by atoms with Crippen LogP contribution in [-0.2, 0) is 4.74 Å². The van der Waals surface area contributed by atoms with E-state index in [1.807, 2.05) is 11.9 Å². The summed E-state index contributed by atoms with van der Waals surface area (Å²) in [7, 11) is 1.87. The SMILES string of the molecule is CN(CCOCC1CC1)c1snc(N)c1C(N)=O. The van der Waals surface area contributed by atoms with Crippen LogP contribution >= 0.6 is 11.5 Å². The van der Waals surface area contributed by atoms with E-state index in [4.69, 9.17) is 16.2 Å². The highest BCUT2D eigenvalue weighted by atomic mass is 32.1. The smallest absolute Gasteiger partial charge is 0.255 e. The van der Waals surface area contributed by atoms with Gasteiger partial charge in [-0.15, -0.1) is 0 Å². The molecule has 0 atom stereocenters. The number of primary amides is 1. The number of hydrogen-bond donors (Lipinski definition) is 2.